The second-order valence-corrected chi connectivity index (χ2v) is 7.38. The number of aromatic amines is 2. The first kappa shape index (κ1) is 19.0. The van der Waals surface area contributed by atoms with Crippen molar-refractivity contribution in [1.29, 1.82) is 0 Å². The molecule has 1 aromatic carbocycles. The zero-order valence-corrected chi connectivity index (χ0v) is 15.7. The summed E-state index contributed by atoms with van der Waals surface area (Å²) >= 11 is 0. The third kappa shape index (κ3) is 3.32. The molecule has 0 amide bonds. The number of aromatic nitrogens is 2. The van der Waals surface area contributed by atoms with Gasteiger partial charge in [-0.3, -0.25) is 14.7 Å². The first-order chi connectivity index (χ1) is 12.7. The second-order valence-electron chi connectivity index (χ2n) is 7.38. The van der Waals surface area contributed by atoms with E-state index in [1.807, 2.05) is 0 Å². The Bertz CT molecular complexity index is 911. The normalized spacial score (nSPS) is 24.5. The minimum Gasteiger partial charge on any atom is -0.504 e. The number of hydrogen-bond donors (Lipinski definition) is 4. The maximum Gasteiger partial charge on any atom is 0.313 e. The minimum absolute atomic E-state index is 0.0617. The van der Waals surface area contributed by atoms with Gasteiger partial charge in [0.2, 0.25) is 0 Å². The molecule has 0 spiro atoms. The monoisotopic (exact) mass is 376 g/mol. The zero-order valence-electron chi connectivity index (χ0n) is 15.7. The maximum absolute atomic E-state index is 12.9. The highest BCUT2D eigenvalue weighted by atomic mass is 16.5. The molecule has 0 unspecified atom stereocenters. The van der Waals surface area contributed by atoms with Gasteiger partial charge in [-0.15, -0.1) is 0 Å². The van der Waals surface area contributed by atoms with Gasteiger partial charge in [0.25, 0.3) is 5.56 Å². The molecule has 0 aliphatic heterocycles. The average Bonchev–Trinajstić information content (AvgIpc) is 2.92. The van der Waals surface area contributed by atoms with E-state index in [-0.39, 0.29) is 29.6 Å². The molecule has 8 nitrogen and oxygen atoms in total. The summed E-state index contributed by atoms with van der Waals surface area (Å²) in [5.41, 5.74) is -0.336. The van der Waals surface area contributed by atoms with Gasteiger partial charge in [0.05, 0.1) is 24.7 Å². The summed E-state index contributed by atoms with van der Waals surface area (Å²) in [5.74, 6) is -2.20. The van der Waals surface area contributed by atoms with E-state index in [0.717, 1.165) is 0 Å². The lowest BCUT2D eigenvalue weighted by Crippen LogP contribution is -2.50. The lowest BCUT2D eigenvalue weighted by Gasteiger charge is -2.40. The van der Waals surface area contributed by atoms with E-state index in [1.165, 1.54) is 13.2 Å². The molecule has 3 rings (SSSR count). The Hall–Kier alpha value is -2.74. The summed E-state index contributed by atoms with van der Waals surface area (Å²) in [5, 5.41) is 26.3. The molecule has 3 atom stereocenters. The summed E-state index contributed by atoms with van der Waals surface area (Å²) in [6.07, 6.45) is -0.265. The average molecular weight is 376 g/mol. The molecule has 27 heavy (non-hydrogen) atoms. The van der Waals surface area contributed by atoms with Gasteiger partial charge in [0, 0.05) is 23.6 Å². The maximum atomic E-state index is 12.9. The quantitative estimate of drug-likeness (QED) is 0.598. The molecule has 0 fully saturated rings. The van der Waals surface area contributed by atoms with Gasteiger partial charge in [0.15, 0.2) is 11.5 Å². The smallest absolute Gasteiger partial charge is 0.313 e. The van der Waals surface area contributed by atoms with E-state index in [1.54, 1.807) is 32.9 Å². The van der Waals surface area contributed by atoms with E-state index in [2.05, 4.69) is 10.2 Å². The van der Waals surface area contributed by atoms with Crippen LogP contribution in [0.1, 0.15) is 43.5 Å². The number of fused-ring (bicyclic) bond motifs is 1. The second kappa shape index (κ2) is 6.77. The largest absolute Gasteiger partial charge is 0.504 e. The number of hydrogen-bond acceptors (Lipinski definition) is 6. The molecule has 1 aromatic heterocycles. The third-order valence-electron chi connectivity index (χ3n) is 4.91. The molecule has 146 valence electrons. The number of phenolic OH excluding ortho intramolecular Hbond substituents is 1. The SMILES string of the molecule is COc1cc([C@H]2c3c([nH][nH]c3=O)C[C@@](C)(O)[C@@H]2C(=O)OC(C)C)ccc1O. The number of ether oxygens (including phenoxy) is 2. The summed E-state index contributed by atoms with van der Waals surface area (Å²) in [6, 6.07) is 4.60. The van der Waals surface area contributed by atoms with Crippen LogP contribution in [0.15, 0.2) is 23.0 Å². The first-order valence-electron chi connectivity index (χ1n) is 8.75. The summed E-state index contributed by atoms with van der Waals surface area (Å²) in [6.45, 7) is 5.00. The lowest BCUT2D eigenvalue weighted by atomic mass is 9.66. The molecule has 0 saturated carbocycles. The van der Waals surface area contributed by atoms with Gasteiger partial charge in [-0.25, -0.2) is 0 Å². The molecule has 2 aromatic rings. The van der Waals surface area contributed by atoms with Crippen molar-refractivity contribution in [1.82, 2.24) is 10.2 Å². The van der Waals surface area contributed by atoms with E-state index < -0.39 is 23.4 Å². The molecule has 1 aliphatic rings. The van der Waals surface area contributed by atoms with Crippen LogP contribution in [-0.4, -0.2) is 45.2 Å². The molecule has 8 heteroatoms. The molecule has 0 saturated heterocycles. The number of esters is 1. The molecular formula is C19H24N2O6. The molecule has 1 heterocycles. The van der Waals surface area contributed by atoms with Crippen LogP contribution in [0.25, 0.3) is 0 Å². The first-order valence-corrected chi connectivity index (χ1v) is 8.75. The van der Waals surface area contributed by atoms with Gasteiger partial charge < -0.3 is 24.8 Å². The predicted molar refractivity (Wildman–Crippen MR) is 97.0 cm³/mol. The van der Waals surface area contributed by atoms with E-state index in [0.29, 0.717) is 16.8 Å². The highest BCUT2D eigenvalue weighted by molar-refractivity contribution is 5.77. The fraction of sp³-hybridized carbons (Fsp3) is 0.474. The number of carbonyl (C=O) groups excluding carboxylic acids is 1. The van der Waals surface area contributed by atoms with Gasteiger partial charge in [-0.2, -0.15) is 0 Å². The number of aliphatic hydroxyl groups is 1. The van der Waals surface area contributed by atoms with Crippen molar-refractivity contribution >= 4 is 5.97 Å². The van der Waals surface area contributed by atoms with Crippen molar-refractivity contribution < 1.29 is 24.5 Å². The van der Waals surface area contributed by atoms with Crippen LogP contribution < -0.4 is 10.3 Å². The molecule has 1 aliphatic carbocycles. The van der Waals surface area contributed by atoms with Crippen LogP contribution in [0.5, 0.6) is 11.5 Å². The molecule has 0 bridgehead atoms. The number of H-pyrrole nitrogens is 2. The van der Waals surface area contributed by atoms with Gasteiger partial charge in [0.1, 0.15) is 0 Å². The van der Waals surface area contributed by atoms with E-state index in [4.69, 9.17) is 9.47 Å². The Morgan fingerprint density at radius 1 is 1.33 bits per heavy atom. The van der Waals surface area contributed by atoms with Crippen LogP contribution in [0.3, 0.4) is 0 Å². The van der Waals surface area contributed by atoms with Crippen molar-refractivity contribution in [2.45, 2.75) is 44.8 Å². The highest BCUT2D eigenvalue weighted by Crippen LogP contribution is 2.46. The van der Waals surface area contributed by atoms with Crippen LogP contribution in [0.4, 0.5) is 0 Å². The standard InChI is InChI=1S/C19H24N2O6/c1-9(2)27-18(24)16-14(10-5-6-12(22)13(7-10)26-4)15-11(8-19(16,3)25)20-21-17(15)23/h5-7,9,14,16,22,25H,8H2,1-4H3,(H2,20,21,23)/t14-,16-,19+/m0/s1. The van der Waals surface area contributed by atoms with Crippen molar-refractivity contribution in [3.8, 4) is 11.5 Å². The fourth-order valence-electron chi connectivity index (χ4n) is 3.81. The number of methoxy groups -OCH3 is 1. The zero-order chi connectivity index (χ0) is 19.9. The topological polar surface area (TPSA) is 125 Å². The predicted octanol–water partition coefficient (Wildman–Crippen LogP) is 1.42. The number of nitrogens with one attached hydrogen (secondary N) is 2. The van der Waals surface area contributed by atoms with Gasteiger partial charge in [-0.1, -0.05) is 6.07 Å². The number of rotatable bonds is 4. The Morgan fingerprint density at radius 3 is 2.67 bits per heavy atom. The number of benzene rings is 1. The van der Waals surface area contributed by atoms with Crippen LogP contribution in [0.2, 0.25) is 0 Å². The Morgan fingerprint density at radius 2 is 2.04 bits per heavy atom. The lowest BCUT2D eigenvalue weighted by molar-refractivity contribution is -0.163. The molecular weight excluding hydrogens is 352 g/mol. The van der Waals surface area contributed by atoms with Gasteiger partial charge in [-0.05, 0) is 38.5 Å². The van der Waals surface area contributed by atoms with Crippen LogP contribution in [0, 0.1) is 5.92 Å². The number of phenols is 1. The number of carbonyl (C=O) groups is 1. The van der Waals surface area contributed by atoms with Crippen molar-refractivity contribution in [2.24, 2.45) is 5.92 Å². The van der Waals surface area contributed by atoms with E-state index in [9.17, 15) is 19.8 Å². The fourth-order valence-corrected chi connectivity index (χ4v) is 3.81. The van der Waals surface area contributed by atoms with Crippen LogP contribution in [-0.2, 0) is 16.0 Å². The Balaban J connectivity index is 2.22. The molecule has 0 radical (unpaired) electrons. The van der Waals surface area contributed by atoms with E-state index >= 15 is 0 Å². The van der Waals surface area contributed by atoms with Gasteiger partial charge >= 0.3 is 5.97 Å². The highest BCUT2D eigenvalue weighted by Gasteiger charge is 2.51. The summed E-state index contributed by atoms with van der Waals surface area (Å²) in [7, 11) is 1.41. The van der Waals surface area contributed by atoms with Crippen molar-refractivity contribution in [3.05, 3.63) is 45.4 Å². The minimum atomic E-state index is -1.44. The van der Waals surface area contributed by atoms with Crippen molar-refractivity contribution in [3.63, 3.8) is 0 Å². The number of aromatic hydroxyl groups is 1. The van der Waals surface area contributed by atoms with Crippen molar-refractivity contribution in [2.75, 3.05) is 7.11 Å². The Labute approximate surface area is 156 Å². The third-order valence-corrected chi connectivity index (χ3v) is 4.91. The summed E-state index contributed by atoms with van der Waals surface area (Å²) < 4.78 is 10.6. The molecule has 4 N–H and O–H groups in total. The Kier molecular flexibility index (Phi) is 4.77. The van der Waals surface area contributed by atoms with Crippen LogP contribution >= 0.6 is 0 Å². The summed E-state index contributed by atoms with van der Waals surface area (Å²) in [4.78, 5) is 25.4.